The van der Waals surface area contributed by atoms with Crippen molar-refractivity contribution < 1.29 is 14.6 Å². The summed E-state index contributed by atoms with van der Waals surface area (Å²) in [5.74, 6) is 0.718. The molecule has 5 heteroatoms. The smallest absolute Gasteiger partial charge is 0.224 e. The van der Waals surface area contributed by atoms with E-state index in [0.717, 1.165) is 22.2 Å². The number of rotatable bonds is 7. The summed E-state index contributed by atoms with van der Waals surface area (Å²) in [7, 11) is 0. The van der Waals surface area contributed by atoms with Crippen LogP contribution in [0.2, 0.25) is 0 Å². The van der Waals surface area contributed by atoms with Gasteiger partial charge in [0.15, 0.2) is 0 Å². The number of benzene rings is 1. The quantitative estimate of drug-likeness (QED) is 0.729. The minimum absolute atomic E-state index is 0.0699. The molecule has 0 atom stereocenters. The Morgan fingerprint density at radius 1 is 1.29 bits per heavy atom. The van der Waals surface area contributed by atoms with Crippen molar-refractivity contribution in [2.45, 2.75) is 46.6 Å². The van der Waals surface area contributed by atoms with Crippen molar-refractivity contribution in [3.63, 3.8) is 0 Å². The summed E-state index contributed by atoms with van der Waals surface area (Å²) < 4.78 is 5.67. The standard InChI is InChI=1S/C19H28N2O3/c1-6-24-15-9-7-8-14-17(15)13(11-20-14)10-16(22)21-12-18(2,3)19(4,5)23/h7-9,11,20,23H,6,10,12H2,1-5H3,(H,21,22). The maximum atomic E-state index is 12.3. The Morgan fingerprint density at radius 3 is 2.62 bits per heavy atom. The predicted molar refractivity (Wildman–Crippen MR) is 96.3 cm³/mol. The lowest BCUT2D eigenvalue weighted by atomic mass is 9.77. The van der Waals surface area contributed by atoms with E-state index in [-0.39, 0.29) is 12.3 Å². The number of ether oxygens (including phenoxy) is 1. The summed E-state index contributed by atoms with van der Waals surface area (Å²) in [6.45, 7) is 10.3. The number of carbonyl (C=O) groups excluding carboxylic acids is 1. The van der Waals surface area contributed by atoms with Gasteiger partial charge in [-0.2, -0.15) is 0 Å². The Kier molecular flexibility index (Phi) is 5.23. The van der Waals surface area contributed by atoms with Crippen molar-refractivity contribution in [2.75, 3.05) is 13.2 Å². The second-order valence-electron chi connectivity index (χ2n) is 7.32. The van der Waals surface area contributed by atoms with Crippen molar-refractivity contribution in [1.82, 2.24) is 10.3 Å². The number of hydrogen-bond donors (Lipinski definition) is 3. The molecule has 0 bridgehead atoms. The number of aromatic nitrogens is 1. The fraction of sp³-hybridized carbons (Fsp3) is 0.526. The van der Waals surface area contributed by atoms with E-state index in [1.54, 1.807) is 13.8 Å². The van der Waals surface area contributed by atoms with Gasteiger partial charge in [0.2, 0.25) is 5.91 Å². The first-order valence-electron chi connectivity index (χ1n) is 8.36. The van der Waals surface area contributed by atoms with Gasteiger partial charge >= 0.3 is 0 Å². The Balaban J connectivity index is 2.11. The molecule has 0 fully saturated rings. The van der Waals surface area contributed by atoms with Gasteiger partial charge in [0.25, 0.3) is 0 Å². The van der Waals surface area contributed by atoms with Gasteiger partial charge in [-0.3, -0.25) is 4.79 Å². The molecule has 24 heavy (non-hydrogen) atoms. The lowest BCUT2D eigenvalue weighted by Gasteiger charge is -2.37. The van der Waals surface area contributed by atoms with Crippen LogP contribution in [0.25, 0.3) is 10.9 Å². The van der Waals surface area contributed by atoms with Crippen LogP contribution >= 0.6 is 0 Å². The Hall–Kier alpha value is -2.01. The second-order valence-corrected chi connectivity index (χ2v) is 7.32. The molecule has 0 aliphatic carbocycles. The van der Waals surface area contributed by atoms with E-state index in [4.69, 9.17) is 4.74 Å². The molecule has 0 unspecified atom stereocenters. The summed E-state index contributed by atoms with van der Waals surface area (Å²) in [4.78, 5) is 15.5. The van der Waals surface area contributed by atoms with E-state index < -0.39 is 11.0 Å². The minimum atomic E-state index is -0.872. The Labute approximate surface area is 143 Å². The fourth-order valence-electron chi connectivity index (χ4n) is 2.41. The highest BCUT2D eigenvalue weighted by atomic mass is 16.5. The molecule has 5 nitrogen and oxygen atoms in total. The summed E-state index contributed by atoms with van der Waals surface area (Å²) in [5, 5.41) is 14.1. The van der Waals surface area contributed by atoms with Gasteiger partial charge in [-0.05, 0) is 38.5 Å². The first kappa shape index (κ1) is 18.3. The van der Waals surface area contributed by atoms with Crippen molar-refractivity contribution in [2.24, 2.45) is 5.41 Å². The zero-order chi connectivity index (χ0) is 18.0. The average molecular weight is 332 g/mol. The molecule has 132 valence electrons. The van der Waals surface area contributed by atoms with Crippen LogP contribution in [0.3, 0.4) is 0 Å². The molecule has 0 aliphatic rings. The molecule has 1 amide bonds. The van der Waals surface area contributed by atoms with Crippen LogP contribution in [0, 0.1) is 5.41 Å². The van der Waals surface area contributed by atoms with Crippen molar-refractivity contribution in [1.29, 1.82) is 0 Å². The van der Waals surface area contributed by atoms with Crippen LogP contribution in [-0.4, -0.2) is 34.8 Å². The molecular formula is C19H28N2O3. The maximum absolute atomic E-state index is 12.3. The Morgan fingerprint density at radius 2 is 2.00 bits per heavy atom. The van der Waals surface area contributed by atoms with Gasteiger partial charge in [0.1, 0.15) is 5.75 Å². The van der Waals surface area contributed by atoms with Crippen LogP contribution in [0.4, 0.5) is 0 Å². The van der Waals surface area contributed by atoms with E-state index in [2.05, 4.69) is 10.3 Å². The number of fused-ring (bicyclic) bond motifs is 1. The molecule has 2 rings (SSSR count). The highest BCUT2D eigenvalue weighted by Crippen LogP contribution is 2.30. The van der Waals surface area contributed by atoms with E-state index in [1.807, 2.05) is 45.2 Å². The number of carbonyl (C=O) groups is 1. The zero-order valence-corrected chi connectivity index (χ0v) is 15.2. The largest absolute Gasteiger partial charge is 0.493 e. The van der Waals surface area contributed by atoms with Gasteiger partial charge in [-0.25, -0.2) is 0 Å². The van der Waals surface area contributed by atoms with Crippen molar-refractivity contribution in [3.8, 4) is 5.75 Å². The number of aromatic amines is 1. The molecule has 0 saturated carbocycles. The van der Waals surface area contributed by atoms with Gasteiger partial charge in [-0.15, -0.1) is 0 Å². The molecule has 0 radical (unpaired) electrons. The summed E-state index contributed by atoms with van der Waals surface area (Å²) >= 11 is 0. The van der Waals surface area contributed by atoms with Gasteiger partial charge in [-0.1, -0.05) is 19.9 Å². The van der Waals surface area contributed by atoms with Gasteiger partial charge < -0.3 is 20.1 Å². The van der Waals surface area contributed by atoms with E-state index >= 15 is 0 Å². The molecule has 0 spiro atoms. The van der Waals surface area contributed by atoms with Crippen molar-refractivity contribution >= 4 is 16.8 Å². The normalized spacial score (nSPS) is 12.4. The summed E-state index contributed by atoms with van der Waals surface area (Å²) in [6, 6.07) is 5.81. The molecule has 0 saturated heterocycles. The summed E-state index contributed by atoms with van der Waals surface area (Å²) in [5.41, 5.74) is 0.580. The predicted octanol–water partition coefficient (Wildman–Crippen LogP) is 3.02. The molecule has 1 aromatic carbocycles. The summed E-state index contributed by atoms with van der Waals surface area (Å²) in [6.07, 6.45) is 2.12. The number of nitrogens with one attached hydrogen (secondary N) is 2. The van der Waals surface area contributed by atoms with Crippen LogP contribution in [0.15, 0.2) is 24.4 Å². The third-order valence-electron chi connectivity index (χ3n) is 4.78. The highest BCUT2D eigenvalue weighted by Gasteiger charge is 2.35. The monoisotopic (exact) mass is 332 g/mol. The lowest BCUT2D eigenvalue weighted by molar-refractivity contribution is -0.121. The number of amides is 1. The lowest BCUT2D eigenvalue weighted by Crippen LogP contribution is -2.47. The molecule has 1 heterocycles. The van der Waals surface area contributed by atoms with Crippen LogP contribution < -0.4 is 10.1 Å². The second kappa shape index (κ2) is 6.85. The Bertz CT molecular complexity index is 711. The molecule has 1 aromatic heterocycles. The topological polar surface area (TPSA) is 74.4 Å². The first-order valence-corrected chi connectivity index (χ1v) is 8.36. The molecular weight excluding hydrogens is 304 g/mol. The van der Waals surface area contributed by atoms with Gasteiger partial charge in [0, 0.05) is 29.1 Å². The third kappa shape index (κ3) is 3.90. The number of H-pyrrole nitrogens is 1. The zero-order valence-electron chi connectivity index (χ0n) is 15.2. The maximum Gasteiger partial charge on any atom is 0.224 e. The molecule has 3 N–H and O–H groups in total. The number of aliphatic hydroxyl groups is 1. The van der Waals surface area contributed by atoms with E-state index in [9.17, 15) is 9.90 Å². The fourth-order valence-corrected chi connectivity index (χ4v) is 2.41. The first-order chi connectivity index (χ1) is 11.2. The SMILES string of the molecule is CCOc1cccc2[nH]cc(CC(=O)NCC(C)(C)C(C)(C)O)c12. The van der Waals surface area contributed by atoms with Crippen LogP contribution in [0.1, 0.15) is 40.2 Å². The van der Waals surface area contributed by atoms with Crippen molar-refractivity contribution in [3.05, 3.63) is 30.0 Å². The average Bonchev–Trinajstić information content (AvgIpc) is 2.89. The molecule has 0 aliphatic heterocycles. The number of hydrogen-bond acceptors (Lipinski definition) is 3. The van der Waals surface area contributed by atoms with E-state index in [1.165, 1.54) is 0 Å². The third-order valence-corrected chi connectivity index (χ3v) is 4.78. The van der Waals surface area contributed by atoms with E-state index in [0.29, 0.717) is 13.2 Å². The molecule has 2 aromatic rings. The van der Waals surface area contributed by atoms with Crippen LogP contribution in [0.5, 0.6) is 5.75 Å². The van der Waals surface area contributed by atoms with Crippen LogP contribution in [-0.2, 0) is 11.2 Å². The minimum Gasteiger partial charge on any atom is -0.493 e. The highest BCUT2D eigenvalue weighted by molar-refractivity contribution is 5.93. The van der Waals surface area contributed by atoms with Gasteiger partial charge in [0.05, 0.1) is 18.6 Å².